The molecule has 1 rings (SSSR count). The van der Waals surface area contributed by atoms with E-state index in [1.807, 2.05) is 0 Å². The summed E-state index contributed by atoms with van der Waals surface area (Å²) in [6.07, 6.45) is -1.57. The summed E-state index contributed by atoms with van der Waals surface area (Å²) in [6.45, 7) is 3.72. The lowest BCUT2D eigenvalue weighted by molar-refractivity contribution is 0.183. The number of nitrogens with two attached hydrogens (primary N) is 1. The molecule has 0 fully saturated rings. The van der Waals surface area contributed by atoms with Crippen molar-refractivity contribution in [2.75, 3.05) is 6.54 Å². The Kier molecular flexibility index (Phi) is 4.35. The van der Waals surface area contributed by atoms with Crippen LogP contribution in [-0.2, 0) is 0 Å². The van der Waals surface area contributed by atoms with Gasteiger partial charge in [-0.15, -0.1) is 0 Å². The van der Waals surface area contributed by atoms with E-state index in [0.29, 0.717) is 0 Å². The molecule has 1 aromatic carbocycles. The second kappa shape index (κ2) is 5.34. The maximum absolute atomic E-state index is 14.0. The minimum absolute atomic E-state index is 0.0253. The fourth-order valence-electron chi connectivity index (χ4n) is 1.69. The van der Waals surface area contributed by atoms with E-state index in [-0.39, 0.29) is 18.0 Å². The average Bonchev–Trinajstić information content (AvgIpc) is 2.22. The van der Waals surface area contributed by atoms with Crippen molar-refractivity contribution in [2.45, 2.75) is 20.0 Å². The number of alkyl halides is 1. The Bertz CT molecular complexity index is 352. The van der Waals surface area contributed by atoms with Crippen LogP contribution in [0.15, 0.2) is 18.2 Å². The fraction of sp³-hybridized carbons (Fsp3) is 0.500. The van der Waals surface area contributed by atoms with Gasteiger partial charge >= 0.3 is 0 Å². The lowest BCUT2D eigenvalue weighted by Gasteiger charge is -2.23. The highest BCUT2D eigenvalue weighted by atomic mass is 19.2. The average molecular weight is 231 g/mol. The van der Waals surface area contributed by atoms with Crippen LogP contribution in [0.25, 0.3) is 0 Å². The molecule has 1 aromatic rings. The molecule has 1 nitrogen and oxygen atoms in total. The Hall–Kier alpha value is -1.03. The molecule has 0 amide bonds. The van der Waals surface area contributed by atoms with Gasteiger partial charge in [-0.2, -0.15) is 0 Å². The lowest BCUT2D eigenvalue weighted by atomic mass is 9.87. The monoisotopic (exact) mass is 231 g/mol. The van der Waals surface area contributed by atoms with Gasteiger partial charge in [-0.3, -0.25) is 0 Å². The van der Waals surface area contributed by atoms with Gasteiger partial charge < -0.3 is 5.73 Å². The molecule has 90 valence electrons. The van der Waals surface area contributed by atoms with Gasteiger partial charge in [0.15, 0.2) is 11.6 Å². The zero-order valence-corrected chi connectivity index (χ0v) is 9.38. The van der Waals surface area contributed by atoms with Crippen molar-refractivity contribution in [1.29, 1.82) is 0 Å². The van der Waals surface area contributed by atoms with Crippen molar-refractivity contribution in [2.24, 2.45) is 17.6 Å². The minimum Gasteiger partial charge on any atom is -0.330 e. The van der Waals surface area contributed by atoms with E-state index >= 15 is 0 Å². The van der Waals surface area contributed by atoms with Gasteiger partial charge in [0.25, 0.3) is 0 Å². The summed E-state index contributed by atoms with van der Waals surface area (Å²) in [5.41, 5.74) is 5.20. The summed E-state index contributed by atoms with van der Waals surface area (Å²) in [6, 6.07) is 3.53. The van der Waals surface area contributed by atoms with Crippen molar-refractivity contribution >= 4 is 0 Å². The smallest absolute Gasteiger partial charge is 0.164 e. The van der Waals surface area contributed by atoms with Gasteiger partial charge in [0.05, 0.1) is 0 Å². The lowest BCUT2D eigenvalue weighted by Crippen LogP contribution is -2.25. The third-order valence-electron chi connectivity index (χ3n) is 2.78. The van der Waals surface area contributed by atoms with E-state index in [0.717, 1.165) is 6.07 Å². The molecule has 0 spiro atoms. The first kappa shape index (κ1) is 13.0. The molecule has 0 radical (unpaired) electrons. The molecule has 4 heteroatoms. The molecule has 0 aliphatic rings. The highest BCUT2D eigenvalue weighted by Crippen LogP contribution is 2.32. The molecule has 0 aliphatic heterocycles. The summed E-state index contributed by atoms with van der Waals surface area (Å²) in [5.74, 6) is -2.67. The number of benzene rings is 1. The van der Waals surface area contributed by atoms with E-state index < -0.39 is 23.7 Å². The van der Waals surface area contributed by atoms with Crippen LogP contribution in [0.2, 0.25) is 0 Å². The topological polar surface area (TPSA) is 26.0 Å². The highest BCUT2D eigenvalue weighted by Gasteiger charge is 2.27. The maximum Gasteiger partial charge on any atom is 0.164 e. The van der Waals surface area contributed by atoms with Crippen molar-refractivity contribution < 1.29 is 13.2 Å². The molecule has 0 bridgehead atoms. The Labute approximate surface area is 93.5 Å². The molecular weight excluding hydrogens is 215 g/mol. The number of hydrogen-bond acceptors (Lipinski definition) is 1. The summed E-state index contributed by atoms with van der Waals surface area (Å²) in [7, 11) is 0. The Morgan fingerprint density at radius 3 is 2.38 bits per heavy atom. The van der Waals surface area contributed by atoms with Crippen LogP contribution in [0, 0.1) is 23.5 Å². The second-order valence-electron chi connectivity index (χ2n) is 4.19. The quantitative estimate of drug-likeness (QED) is 0.846. The number of halogens is 3. The van der Waals surface area contributed by atoms with Crippen molar-refractivity contribution in [1.82, 2.24) is 0 Å². The fourth-order valence-corrected chi connectivity index (χ4v) is 1.69. The summed E-state index contributed by atoms with van der Waals surface area (Å²) >= 11 is 0. The predicted molar refractivity (Wildman–Crippen MR) is 57.6 cm³/mol. The first-order chi connectivity index (χ1) is 7.49. The molecule has 0 heterocycles. The molecular formula is C12H16F3N. The zero-order valence-electron chi connectivity index (χ0n) is 9.38. The van der Waals surface area contributed by atoms with Gasteiger partial charge in [0.1, 0.15) is 6.17 Å². The molecule has 2 N–H and O–H groups in total. The molecule has 0 saturated carbocycles. The van der Waals surface area contributed by atoms with E-state index in [1.165, 1.54) is 12.1 Å². The summed E-state index contributed by atoms with van der Waals surface area (Å²) in [4.78, 5) is 0. The minimum atomic E-state index is -1.57. The van der Waals surface area contributed by atoms with E-state index in [9.17, 15) is 13.2 Å². The molecule has 0 aliphatic carbocycles. The van der Waals surface area contributed by atoms with Crippen LogP contribution in [0.3, 0.4) is 0 Å². The Balaban J connectivity index is 3.03. The first-order valence-corrected chi connectivity index (χ1v) is 5.27. The van der Waals surface area contributed by atoms with Crippen LogP contribution in [0.5, 0.6) is 0 Å². The van der Waals surface area contributed by atoms with Crippen LogP contribution < -0.4 is 5.73 Å². The predicted octanol–water partition coefficient (Wildman–Crippen LogP) is 3.21. The Morgan fingerprint density at radius 2 is 1.88 bits per heavy atom. The summed E-state index contributed by atoms with van der Waals surface area (Å²) < 4.78 is 40.3. The van der Waals surface area contributed by atoms with Gasteiger partial charge in [-0.1, -0.05) is 26.0 Å². The van der Waals surface area contributed by atoms with E-state index in [4.69, 9.17) is 5.73 Å². The van der Waals surface area contributed by atoms with Gasteiger partial charge in [0, 0.05) is 11.5 Å². The molecule has 0 aromatic heterocycles. The Morgan fingerprint density at radius 1 is 1.25 bits per heavy atom. The van der Waals surface area contributed by atoms with Crippen LogP contribution in [-0.4, -0.2) is 6.54 Å². The van der Waals surface area contributed by atoms with Crippen LogP contribution in [0.1, 0.15) is 25.6 Å². The standard InChI is InChI=1S/C12H16F3N/c1-7(2)9(6-16)11(14)8-4-3-5-10(13)12(8)15/h3-5,7,9,11H,6,16H2,1-2H3. The third-order valence-corrected chi connectivity index (χ3v) is 2.78. The van der Waals surface area contributed by atoms with Gasteiger partial charge in [-0.05, 0) is 18.5 Å². The highest BCUT2D eigenvalue weighted by molar-refractivity contribution is 5.22. The van der Waals surface area contributed by atoms with E-state index in [1.54, 1.807) is 13.8 Å². The largest absolute Gasteiger partial charge is 0.330 e. The SMILES string of the molecule is CC(C)C(CN)C(F)c1cccc(F)c1F. The number of rotatable bonds is 4. The number of hydrogen-bond donors (Lipinski definition) is 1. The van der Waals surface area contributed by atoms with Crippen LogP contribution in [0.4, 0.5) is 13.2 Å². The molecule has 2 atom stereocenters. The van der Waals surface area contributed by atoms with Crippen molar-refractivity contribution in [3.8, 4) is 0 Å². The summed E-state index contributed by atoms with van der Waals surface area (Å²) in [5, 5.41) is 0. The van der Waals surface area contributed by atoms with Crippen LogP contribution >= 0.6 is 0 Å². The van der Waals surface area contributed by atoms with E-state index in [2.05, 4.69) is 0 Å². The first-order valence-electron chi connectivity index (χ1n) is 5.27. The zero-order chi connectivity index (χ0) is 12.3. The molecule has 16 heavy (non-hydrogen) atoms. The van der Waals surface area contributed by atoms with Crippen molar-refractivity contribution in [3.63, 3.8) is 0 Å². The maximum atomic E-state index is 14.0. The van der Waals surface area contributed by atoms with Gasteiger partial charge in [0.2, 0.25) is 0 Å². The molecule has 2 unspecified atom stereocenters. The van der Waals surface area contributed by atoms with Crippen molar-refractivity contribution in [3.05, 3.63) is 35.4 Å². The second-order valence-corrected chi connectivity index (χ2v) is 4.19. The molecule has 0 saturated heterocycles. The third kappa shape index (κ3) is 2.55. The van der Waals surface area contributed by atoms with Gasteiger partial charge in [-0.25, -0.2) is 13.2 Å². The normalized spacial score (nSPS) is 15.2.